The van der Waals surface area contributed by atoms with Crippen molar-refractivity contribution in [1.29, 1.82) is 0 Å². The second-order valence-corrected chi connectivity index (χ2v) is 4.44. The van der Waals surface area contributed by atoms with Crippen molar-refractivity contribution < 1.29 is 14.3 Å². The Bertz CT molecular complexity index is 333. The van der Waals surface area contributed by atoms with E-state index in [0.717, 1.165) is 25.7 Å². The van der Waals surface area contributed by atoms with Crippen LogP contribution < -0.4 is 0 Å². The molecule has 0 saturated carbocycles. The number of cyclic esters (lactones) is 1. The zero-order chi connectivity index (χ0) is 12.3. The van der Waals surface area contributed by atoms with E-state index in [2.05, 4.69) is 0 Å². The fraction of sp³-hybridized carbons (Fsp3) is 0.692. The summed E-state index contributed by atoms with van der Waals surface area (Å²) < 4.78 is 5.48. The molecule has 1 heterocycles. The van der Waals surface area contributed by atoms with Gasteiger partial charge < -0.3 is 4.74 Å². The minimum Gasteiger partial charge on any atom is -0.451 e. The summed E-state index contributed by atoms with van der Waals surface area (Å²) in [6, 6.07) is 0. The van der Waals surface area contributed by atoms with Gasteiger partial charge in [0, 0.05) is 11.1 Å². The van der Waals surface area contributed by atoms with Crippen molar-refractivity contribution >= 4 is 11.8 Å². The lowest BCUT2D eigenvalue weighted by atomic mass is 9.82. The maximum Gasteiger partial charge on any atom is 0.335 e. The lowest BCUT2D eigenvalue weighted by molar-refractivity contribution is -0.148. The summed E-state index contributed by atoms with van der Waals surface area (Å²) in [6.45, 7) is 7.28. The van der Waals surface area contributed by atoms with Gasteiger partial charge in [0.25, 0.3) is 0 Å². The van der Waals surface area contributed by atoms with Crippen molar-refractivity contribution in [2.24, 2.45) is 0 Å². The van der Waals surface area contributed by atoms with Gasteiger partial charge in [0.2, 0.25) is 0 Å². The Morgan fingerprint density at radius 1 is 1.25 bits per heavy atom. The number of carbonyl (C=O) groups is 2. The maximum atomic E-state index is 11.7. The molecule has 0 atom stereocenters. The molecule has 0 N–H and O–H groups in total. The minimum atomic E-state index is -0.642. The molecule has 1 aliphatic heterocycles. The van der Waals surface area contributed by atoms with E-state index in [9.17, 15) is 9.59 Å². The SMILES string of the molecule is CCCC1(CCC)OC(=O)C(C)=C1C(C)=O. The van der Waals surface area contributed by atoms with Gasteiger partial charge in [-0.1, -0.05) is 26.7 Å². The van der Waals surface area contributed by atoms with Crippen LogP contribution >= 0.6 is 0 Å². The average molecular weight is 224 g/mol. The van der Waals surface area contributed by atoms with Crippen molar-refractivity contribution in [2.75, 3.05) is 0 Å². The number of hydrogen-bond acceptors (Lipinski definition) is 3. The molecule has 3 nitrogen and oxygen atoms in total. The number of rotatable bonds is 5. The number of esters is 1. The third-order valence-electron chi connectivity index (χ3n) is 3.08. The molecule has 0 aliphatic carbocycles. The third-order valence-corrected chi connectivity index (χ3v) is 3.08. The lowest BCUT2D eigenvalue weighted by Crippen LogP contribution is -2.34. The zero-order valence-electron chi connectivity index (χ0n) is 10.6. The molecule has 0 aromatic rings. The Hall–Kier alpha value is -1.12. The van der Waals surface area contributed by atoms with E-state index in [1.165, 1.54) is 6.92 Å². The first-order chi connectivity index (χ1) is 7.48. The van der Waals surface area contributed by atoms with Crippen molar-refractivity contribution in [3.05, 3.63) is 11.1 Å². The largest absolute Gasteiger partial charge is 0.451 e. The van der Waals surface area contributed by atoms with E-state index in [1.807, 2.05) is 13.8 Å². The molecule has 0 aromatic heterocycles. The van der Waals surface area contributed by atoms with Gasteiger partial charge in [-0.2, -0.15) is 0 Å². The fourth-order valence-electron chi connectivity index (χ4n) is 2.62. The molecule has 0 aromatic carbocycles. The molecule has 16 heavy (non-hydrogen) atoms. The monoisotopic (exact) mass is 224 g/mol. The quantitative estimate of drug-likeness (QED) is 0.674. The molecular formula is C13H20O3. The molecule has 0 amide bonds. The Kier molecular flexibility index (Phi) is 3.89. The summed E-state index contributed by atoms with van der Waals surface area (Å²) in [4.78, 5) is 23.3. The first-order valence-electron chi connectivity index (χ1n) is 5.94. The lowest BCUT2D eigenvalue weighted by Gasteiger charge is -2.29. The predicted octanol–water partition coefficient (Wildman–Crippen LogP) is 2.79. The Labute approximate surface area is 96.9 Å². The Morgan fingerprint density at radius 3 is 2.12 bits per heavy atom. The van der Waals surface area contributed by atoms with E-state index < -0.39 is 5.60 Å². The highest BCUT2D eigenvalue weighted by Gasteiger charge is 2.46. The molecular weight excluding hydrogens is 204 g/mol. The molecule has 1 rings (SSSR count). The minimum absolute atomic E-state index is 0.0368. The van der Waals surface area contributed by atoms with Gasteiger partial charge in [0.05, 0.1) is 0 Å². The number of Topliss-reactive ketones (excluding diaryl/α,β-unsaturated/α-hetero) is 1. The van der Waals surface area contributed by atoms with Gasteiger partial charge in [-0.3, -0.25) is 4.79 Å². The number of ether oxygens (including phenoxy) is 1. The summed E-state index contributed by atoms with van der Waals surface area (Å²) in [6.07, 6.45) is 3.27. The van der Waals surface area contributed by atoms with Gasteiger partial charge in [-0.05, 0) is 26.7 Å². The summed E-state index contributed by atoms with van der Waals surface area (Å²) in [5.41, 5.74) is 0.451. The first kappa shape index (κ1) is 12.9. The topological polar surface area (TPSA) is 43.4 Å². The molecule has 0 unspecified atom stereocenters. The molecule has 1 aliphatic rings. The highest BCUT2D eigenvalue weighted by molar-refractivity contribution is 6.07. The summed E-state index contributed by atoms with van der Waals surface area (Å²) in [5.74, 6) is -0.364. The first-order valence-corrected chi connectivity index (χ1v) is 5.94. The maximum absolute atomic E-state index is 11.7. The van der Waals surface area contributed by atoms with Crippen LogP contribution in [0.3, 0.4) is 0 Å². The van der Waals surface area contributed by atoms with Crippen LogP contribution in [0, 0.1) is 0 Å². The summed E-state index contributed by atoms with van der Waals surface area (Å²) >= 11 is 0. The van der Waals surface area contributed by atoms with Crippen LogP contribution in [0.4, 0.5) is 0 Å². The standard InChI is InChI=1S/C13H20O3/c1-5-7-13(8-6-2)11(10(4)14)9(3)12(15)16-13/h5-8H2,1-4H3. The van der Waals surface area contributed by atoms with E-state index >= 15 is 0 Å². The van der Waals surface area contributed by atoms with Crippen LogP contribution in [0.2, 0.25) is 0 Å². The van der Waals surface area contributed by atoms with Crippen LogP contribution in [0.5, 0.6) is 0 Å². The average Bonchev–Trinajstić information content (AvgIpc) is 2.40. The third kappa shape index (κ3) is 2.04. The number of carbonyl (C=O) groups excluding carboxylic acids is 2. The summed E-state index contributed by atoms with van der Waals surface area (Å²) in [5, 5.41) is 0. The molecule has 0 bridgehead atoms. The Balaban J connectivity index is 3.19. The van der Waals surface area contributed by atoms with Crippen LogP contribution in [0.15, 0.2) is 11.1 Å². The number of hydrogen-bond donors (Lipinski definition) is 0. The van der Waals surface area contributed by atoms with Crippen molar-refractivity contribution in [1.82, 2.24) is 0 Å². The number of ketones is 1. The fourth-order valence-corrected chi connectivity index (χ4v) is 2.62. The smallest absolute Gasteiger partial charge is 0.335 e. The van der Waals surface area contributed by atoms with E-state index in [1.54, 1.807) is 6.92 Å². The van der Waals surface area contributed by atoms with Crippen LogP contribution in [-0.4, -0.2) is 17.4 Å². The Morgan fingerprint density at radius 2 is 1.75 bits per heavy atom. The van der Waals surface area contributed by atoms with Crippen LogP contribution in [0.1, 0.15) is 53.4 Å². The van der Waals surface area contributed by atoms with Crippen molar-refractivity contribution in [3.8, 4) is 0 Å². The van der Waals surface area contributed by atoms with E-state index in [4.69, 9.17) is 4.74 Å². The van der Waals surface area contributed by atoms with Gasteiger partial charge in [-0.25, -0.2) is 4.79 Å². The second-order valence-electron chi connectivity index (χ2n) is 4.44. The van der Waals surface area contributed by atoms with Crippen LogP contribution in [0.25, 0.3) is 0 Å². The van der Waals surface area contributed by atoms with Gasteiger partial charge >= 0.3 is 5.97 Å². The molecule has 0 radical (unpaired) electrons. The predicted molar refractivity (Wildman–Crippen MR) is 62.0 cm³/mol. The molecule has 0 saturated heterocycles. The van der Waals surface area contributed by atoms with Gasteiger partial charge in [0.15, 0.2) is 5.78 Å². The van der Waals surface area contributed by atoms with Gasteiger partial charge in [-0.15, -0.1) is 0 Å². The second kappa shape index (κ2) is 4.81. The molecule has 3 heteroatoms. The summed E-state index contributed by atoms with van der Waals surface area (Å²) in [7, 11) is 0. The van der Waals surface area contributed by atoms with Crippen molar-refractivity contribution in [2.45, 2.75) is 59.0 Å². The molecule has 90 valence electrons. The molecule has 0 spiro atoms. The highest BCUT2D eigenvalue weighted by Crippen LogP contribution is 2.40. The van der Waals surface area contributed by atoms with Gasteiger partial charge in [0.1, 0.15) is 5.60 Å². The zero-order valence-corrected chi connectivity index (χ0v) is 10.6. The van der Waals surface area contributed by atoms with E-state index in [-0.39, 0.29) is 11.8 Å². The molecule has 0 fully saturated rings. The van der Waals surface area contributed by atoms with E-state index in [0.29, 0.717) is 11.1 Å². The van der Waals surface area contributed by atoms with Crippen molar-refractivity contribution in [3.63, 3.8) is 0 Å². The normalized spacial score (nSPS) is 18.9. The highest BCUT2D eigenvalue weighted by atomic mass is 16.6. The van der Waals surface area contributed by atoms with Crippen LogP contribution in [-0.2, 0) is 14.3 Å².